The van der Waals surface area contributed by atoms with Crippen molar-refractivity contribution in [3.8, 4) is 0 Å². The quantitative estimate of drug-likeness (QED) is 0.199. The highest BCUT2D eigenvalue weighted by Gasteiger charge is 2.82. The van der Waals surface area contributed by atoms with E-state index in [1.54, 1.807) is 0 Å². The average molecular weight is 833 g/mol. The third kappa shape index (κ3) is 6.95. The lowest BCUT2D eigenvalue weighted by Crippen LogP contribution is -2.59. The van der Waals surface area contributed by atoms with Gasteiger partial charge in [-0.2, -0.15) is 48.3 Å². The molecule has 0 saturated heterocycles. The van der Waals surface area contributed by atoms with E-state index in [-0.39, 0.29) is 6.54 Å². The Hall–Kier alpha value is -3.38. The molecule has 1 atom stereocenters. The van der Waals surface area contributed by atoms with Gasteiger partial charge in [0.1, 0.15) is 4.90 Å². The molecule has 0 aliphatic heterocycles. The number of likely N-dealkylation sites (N-methyl/N-ethyl adjacent to an activating group) is 2. The van der Waals surface area contributed by atoms with Gasteiger partial charge in [0, 0.05) is 29.8 Å². The fourth-order valence-electron chi connectivity index (χ4n) is 3.65. The number of nitrogens with one attached hydrogen (secondary N) is 1. The molecule has 2 rings (SSSR count). The van der Waals surface area contributed by atoms with Gasteiger partial charge in [0.05, 0.1) is 16.9 Å². The summed E-state index contributed by atoms with van der Waals surface area (Å²) in [5.41, 5.74) is -20.1. The molecule has 0 saturated carbocycles. The second-order valence-electron chi connectivity index (χ2n) is 9.29. The summed E-state index contributed by atoms with van der Waals surface area (Å²) < 4.78 is 202. The lowest BCUT2D eigenvalue weighted by molar-refractivity contribution is -0.389. The van der Waals surface area contributed by atoms with Crippen molar-refractivity contribution in [3.05, 3.63) is 50.8 Å². The summed E-state index contributed by atoms with van der Waals surface area (Å²) in [5, 5.41) is 1.39. The zero-order valence-corrected chi connectivity index (χ0v) is 26.2. The maximum Gasteiger partial charge on any atom is 0.501 e. The topological polar surface area (TPSA) is 104 Å². The Kier molecular flexibility index (Phi) is 10.9. The summed E-state index contributed by atoms with van der Waals surface area (Å²) in [4.78, 5) is 36.2. The van der Waals surface area contributed by atoms with Crippen molar-refractivity contribution >= 4 is 61.5 Å². The van der Waals surface area contributed by atoms with Crippen LogP contribution < -0.4 is 10.2 Å². The molecule has 0 aromatic heterocycles. The molecule has 23 heteroatoms. The Morgan fingerprint density at radius 3 is 1.83 bits per heavy atom. The number of hydrogen-bond donors (Lipinski definition) is 1. The number of alkyl halides is 12. The van der Waals surface area contributed by atoms with E-state index in [0.717, 1.165) is 24.1 Å². The molecule has 47 heavy (non-hydrogen) atoms. The Morgan fingerprint density at radius 1 is 0.851 bits per heavy atom. The molecule has 0 aliphatic carbocycles. The Labute approximate surface area is 268 Å². The van der Waals surface area contributed by atoms with Crippen LogP contribution in [0.2, 0.25) is 0 Å². The van der Waals surface area contributed by atoms with Gasteiger partial charge in [-0.15, -0.1) is 0 Å². The Morgan fingerprint density at radius 2 is 1.38 bits per heavy atom. The highest BCUT2D eigenvalue weighted by Crippen LogP contribution is 2.59. The number of rotatable bonds is 7. The normalized spacial score (nSPS) is 14.3. The van der Waals surface area contributed by atoms with E-state index in [1.807, 2.05) is 0 Å². The van der Waals surface area contributed by atoms with Crippen LogP contribution in [0.25, 0.3) is 0 Å². The number of hydrogen-bond acceptors (Lipinski definition) is 5. The molecular weight excluding hydrogens is 816 g/mol. The van der Waals surface area contributed by atoms with Crippen LogP contribution in [0.3, 0.4) is 0 Å². The molecule has 262 valence electrons. The van der Waals surface area contributed by atoms with Crippen molar-refractivity contribution in [2.24, 2.45) is 0 Å². The van der Waals surface area contributed by atoms with Gasteiger partial charge in [-0.25, -0.2) is 17.2 Å². The van der Waals surface area contributed by atoms with Gasteiger partial charge >= 0.3 is 41.3 Å². The maximum atomic E-state index is 15.4. The molecule has 0 aliphatic rings. The standard InChI is InChI=1S/C24H17F13IN3O5S/c1-4-40(2)18(43)19(44)41(3)13-7-5-6-11(15(13)25)17(42)39-16-12(38)8-10(9-14(16)47(45,46)24(35,36)37)20(26,22(29,30)31)21(27,28)23(32,33)34/h5-9H,4H2,1-3H3,(H,39,42). The number of sulfone groups is 1. The molecule has 2 aromatic carbocycles. The molecular formula is C24H17F13IN3O5S. The number of halogens is 14. The minimum absolute atomic E-state index is 0.0181. The monoisotopic (exact) mass is 833 g/mol. The predicted octanol–water partition coefficient (Wildman–Crippen LogP) is 6.34. The molecule has 0 fully saturated rings. The van der Waals surface area contributed by atoms with Gasteiger partial charge < -0.3 is 15.1 Å². The summed E-state index contributed by atoms with van der Waals surface area (Å²) in [6.07, 6.45) is -14.6. The fraction of sp³-hybridized carbons (Fsp3) is 0.375. The fourth-order valence-corrected chi connectivity index (χ4v) is 5.56. The number of carbonyl (C=O) groups is 3. The number of anilines is 2. The Balaban J connectivity index is 2.86. The van der Waals surface area contributed by atoms with E-state index in [4.69, 9.17) is 0 Å². The molecule has 0 bridgehead atoms. The first kappa shape index (κ1) is 39.8. The highest BCUT2D eigenvalue weighted by atomic mass is 127. The summed E-state index contributed by atoms with van der Waals surface area (Å²) in [7, 11) is -5.04. The summed E-state index contributed by atoms with van der Waals surface area (Å²) >= 11 is 0.606. The molecule has 0 spiro atoms. The third-order valence-electron chi connectivity index (χ3n) is 6.36. The number of nitrogens with zero attached hydrogens (tertiary/aromatic N) is 2. The molecule has 0 radical (unpaired) electrons. The van der Waals surface area contributed by atoms with E-state index in [2.05, 4.69) is 0 Å². The van der Waals surface area contributed by atoms with Crippen molar-refractivity contribution in [2.45, 2.75) is 41.3 Å². The zero-order valence-electron chi connectivity index (χ0n) is 23.2. The summed E-state index contributed by atoms with van der Waals surface area (Å²) in [6, 6.07) is 0.620. The number of amides is 3. The largest absolute Gasteiger partial charge is 0.501 e. The zero-order chi connectivity index (χ0) is 36.9. The van der Waals surface area contributed by atoms with E-state index < -0.39 is 106 Å². The van der Waals surface area contributed by atoms with Crippen LogP contribution in [0.4, 0.5) is 68.5 Å². The second-order valence-corrected chi connectivity index (χ2v) is 12.4. The van der Waals surface area contributed by atoms with Gasteiger partial charge in [0.25, 0.3) is 15.7 Å². The van der Waals surface area contributed by atoms with Gasteiger partial charge in [-0.05, 0) is 53.8 Å². The van der Waals surface area contributed by atoms with E-state index in [9.17, 15) is 71.1 Å². The van der Waals surface area contributed by atoms with Crippen LogP contribution in [0, 0.1) is 9.39 Å². The van der Waals surface area contributed by atoms with Crippen LogP contribution in [0.5, 0.6) is 0 Å². The SMILES string of the molecule is CCN(C)C(=O)C(=O)N(C)c1cccc(C(=O)Nc2c(I)cc(C(F)(C(F)(F)F)C(F)(F)C(F)(F)F)cc2S(=O)(=O)C(F)(F)F)c1F. The van der Waals surface area contributed by atoms with Crippen molar-refractivity contribution in [1.29, 1.82) is 0 Å². The van der Waals surface area contributed by atoms with Crippen molar-refractivity contribution in [1.82, 2.24) is 4.90 Å². The van der Waals surface area contributed by atoms with Crippen molar-refractivity contribution in [2.75, 3.05) is 30.9 Å². The first-order valence-corrected chi connectivity index (χ1v) is 14.5. The lowest BCUT2D eigenvalue weighted by Gasteiger charge is -2.36. The van der Waals surface area contributed by atoms with Crippen LogP contribution >= 0.6 is 22.6 Å². The molecule has 8 nitrogen and oxygen atoms in total. The molecule has 1 N–H and O–H groups in total. The van der Waals surface area contributed by atoms with Crippen LogP contribution in [0.15, 0.2) is 35.2 Å². The van der Waals surface area contributed by atoms with Gasteiger partial charge in [-0.3, -0.25) is 14.4 Å². The molecule has 1 unspecified atom stereocenters. The molecule has 0 heterocycles. The van der Waals surface area contributed by atoms with Crippen molar-refractivity contribution < 1.29 is 79.9 Å². The first-order chi connectivity index (χ1) is 21.0. The minimum Gasteiger partial charge on any atom is -0.338 e. The van der Waals surface area contributed by atoms with Gasteiger partial charge in [-0.1, -0.05) is 6.07 Å². The first-order valence-electron chi connectivity index (χ1n) is 12.0. The van der Waals surface area contributed by atoms with Gasteiger partial charge in [0.15, 0.2) is 5.82 Å². The summed E-state index contributed by atoms with van der Waals surface area (Å²) in [6.45, 7) is 1.49. The average Bonchev–Trinajstić information content (AvgIpc) is 2.93. The van der Waals surface area contributed by atoms with Crippen LogP contribution in [-0.4, -0.2) is 75.5 Å². The number of carbonyl (C=O) groups excluding carboxylic acids is 3. The lowest BCUT2D eigenvalue weighted by atomic mass is 9.87. The second kappa shape index (κ2) is 12.9. The van der Waals surface area contributed by atoms with Crippen LogP contribution in [-0.2, 0) is 25.1 Å². The molecule has 3 amide bonds. The third-order valence-corrected chi connectivity index (χ3v) is 8.72. The van der Waals surface area contributed by atoms with E-state index >= 15 is 8.78 Å². The van der Waals surface area contributed by atoms with Crippen molar-refractivity contribution in [3.63, 3.8) is 0 Å². The highest BCUT2D eigenvalue weighted by molar-refractivity contribution is 14.1. The smallest absolute Gasteiger partial charge is 0.338 e. The van der Waals surface area contributed by atoms with Gasteiger partial charge in [0.2, 0.25) is 0 Å². The number of benzene rings is 2. The van der Waals surface area contributed by atoms with E-state index in [0.29, 0.717) is 33.6 Å². The maximum absolute atomic E-state index is 15.4. The summed E-state index contributed by atoms with van der Waals surface area (Å²) in [5.74, 6) is -13.5. The van der Waals surface area contributed by atoms with Crippen LogP contribution in [0.1, 0.15) is 22.8 Å². The predicted molar refractivity (Wildman–Crippen MR) is 143 cm³/mol. The minimum atomic E-state index is -7.41. The molecule has 2 aromatic rings. The van der Waals surface area contributed by atoms with E-state index in [1.165, 1.54) is 19.3 Å². The Bertz CT molecular complexity index is 1690.